The molecule has 4 nitrogen and oxygen atoms in total. The van der Waals surface area contributed by atoms with Gasteiger partial charge in [0.1, 0.15) is 0 Å². The molecule has 0 aliphatic rings. The fourth-order valence-corrected chi connectivity index (χ4v) is 5.10. The van der Waals surface area contributed by atoms with Crippen LogP contribution in [0.15, 0.2) is 34.6 Å². The standard InChI is InChI=1S/C11H16N4S4/c1-16-9-5-7-12-14(9)11(18-3,19-4)15-10(17-2)6-8-13-15/h5-8H,1-4H3. The quantitative estimate of drug-likeness (QED) is 0.596. The van der Waals surface area contributed by atoms with Crippen molar-refractivity contribution < 1.29 is 0 Å². The summed E-state index contributed by atoms with van der Waals surface area (Å²) in [6.07, 6.45) is 12.0. The van der Waals surface area contributed by atoms with Gasteiger partial charge in [-0.15, -0.1) is 47.0 Å². The number of hydrogen-bond donors (Lipinski definition) is 0. The molecule has 8 heteroatoms. The Balaban J connectivity index is 2.61. The molecule has 0 radical (unpaired) electrons. The van der Waals surface area contributed by atoms with Crippen LogP contribution in [0.2, 0.25) is 0 Å². The van der Waals surface area contributed by atoms with Crippen LogP contribution in [0.4, 0.5) is 0 Å². The Labute approximate surface area is 130 Å². The maximum Gasteiger partial charge on any atom is 0.250 e. The van der Waals surface area contributed by atoms with E-state index in [0.29, 0.717) is 0 Å². The first-order valence-corrected chi connectivity index (χ1v) is 10.4. The van der Waals surface area contributed by atoms with Crippen molar-refractivity contribution in [1.29, 1.82) is 0 Å². The second-order valence-corrected chi connectivity index (χ2v) is 7.39. The third kappa shape index (κ3) is 2.55. The van der Waals surface area contributed by atoms with Crippen LogP contribution in [0.25, 0.3) is 0 Å². The maximum absolute atomic E-state index is 4.52. The third-order valence-corrected chi connectivity index (χ3v) is 6.91. The molecule has 0 spiro atoms. The van der Waals surface area contributed by atoms with Crippen LogP contribution < -0.4 is 0 Å². The predicted molar refractivity (Wildman–Crippen MR) is 88.4 cm³/mol. The fourth-order valence-electron chi connectivity index (χ4n) is 1.83. The van der Waals surface area contributed by atoms with E-state index >= 15 is 0 Å². The van der Waals surface area contributed by atoms with Gasteiger partial charge in [-0.25, -0.2) is 9.36 Å². The molecular formula is C11H16N4S4. The molecule has 2 aromatic rings. The fraction of sp³-hybridized carbons (Fsp3) is 0.455. The number of rotatable bonds is 6. The van der Waals surface area contributed by atoms with Crippen molar-refractivity contribution in [2.45, 2.75) is 14.4 Å². The molecule has 0 unspecified atom stereocenters. The van der Waals surface area contributed by atoms with Gasteiger partial charge in [-0.2, -0.15) is 10.2 Å². The van der Waals surface area contributed by atoms with Crippen LogP contribution >= 0.6 is 47.0 Å². The van der Waals surface area contributed by atoms with E-state index in [1.54, 1.807) is 47.0 Å². The molecule has 2 aromatic heterocycles. The van der Waals surface area contributed by atoms with Gasteiger partial charge in [-0.3, -0.25) is 0 Å². The van der Waals surface area contributed by atoms with Crippen LogP contribution in [0, 0.1) is 0 Å². The van der Waals surface area contributed by atoms with Crippen LogP contribution in [0.3, 0.4) is 0 Å². The normalized spacial score (nSPS) is 12.0. The number of aromatic nitrogens is 4. The molecule has 0 aliphatic heterocycles. The van der Waals surface area contributed by atoms with Crippen LogP contribution in [-0.4, -0.2) is 44.6 Å². The zero-order chi connectivity index (χ0) is 13.9. The average molecular weight is 333 g/mol. The molecule has 0 bridgehead atoms. The van der Waals surface area contributed by atoms with Gasteiger partial charge >= 0.3 is 0 Å². The van der Waals surface area contributed by atoms with Crippen molar-refractivity contribution in [2.24, 2.45) is 0 Å². The van der Waals surface area contributed by atoms with E-state index < -0.39 is 0 Å². The number of hydrogen-bond acceptors (Lipinski definition) is 6. The minimum absolute atomic E-state index is 0.385. The van der Waals surface area contributed by atoms with Gasteiger partial charge in [-0.05, 0) is 37.2 Å². The molecule has 19 heavy (non-hydrogen) atoms. The number of thioether (sulfide) groups is 4. The Hall–Kier alpha value is -0.180. The minimum Gasteiger partial charge on any atom is -0.212 e. The maximum atomic E-state index is 4.52. The largest absolute Gasteiger partial charge is 0.250 e. The SMILES string of the molecule is CSc1ccnn1C(SC)(SC)n1nccc1SC. The monoisotopic (exact) mass is 332 g/mol. The lowest BCUT2D eigenvalue weighted by Crippen LogP contribution is -2.37. The van der Waals surface area contributed by atoms with Crippen LogP contribution in [-0.2, 0) is 4.33 Å². The third-order valence-electron chi connectivity index (χ3n) is 2.70. The summed E-state index contributed by atoms with van der Waals surface area (Å²) in [5.74, 6) is 0. The molecule has 0 amide bonds. The highest BCUT2D eigenvalue weighted by Gasteiger charge is 2.37. The van der Waals surface area contributed by atoms with Crippen molar-refractivity contribution >= 4 is 47.0 Å². The van der Waals surface area contributed by atoms with Gasteiger partial charge in [0.2, 0.25) is 4.33 Å². The van der Waals surface area contributed by atoms with Gasteiger partial charge in [0, 0.05) is 0 Å². The van der Waals surface area contributed by atoms with Crippen molar-refractivity contribution in [2.75, 3.05) is 25.0 Å². The van der Waals surface area contributed by atoms with E-state index in [-0.39, 0.29) is 4.33 Å². The summed E-state index contributed by atoms with van der Waals surface area (Å²) in [5, 5.41) is 11.3. The Morgan fingerprint density at radius 1 is 0.842 bits per heavy atom. The summed E-state index contributed by atoms with van der Waals surface area (Å²) in [6.45, 7) is 0. The smallest absolute Gasteiger partial charge is 0.212 e. The van der Waals surface area contributed by atoms with Gasteiger partial charge in [0.15, 0.2) is 0 Å². The zero-order valence-electron chi connectivity index (χ0n) is 11.2. The highest BCUT2D eigenvalue weighted by atomic mass is 32.2. The van der Waals surface area contributed by atoms with Crippen LogP contribution in [0.5, 0.6) is 0 Å². The summed E-state index contributed by atoms with van der Waals surface area (Å²) >= 11 is 6.85. The summed E-state index contributed by atoms with van der Waals surface area (Å²) in [7, 11) is 0. The molecule has 0 aromatic carbocycles. The lowest BCUT2D eigenvalue weighted by molar-refractivity contribution is 0.394. The first kappa shape index (κ1) is 15.2. The summed E-state index contributed by atoms with van der Waals surface area (Å²) in [4.78, 5) is 0. The molecule has 0 aliphatic carbocycles. The average Bonchev–Trinajstić information content (AvgIpc) is 3.10. The molecule has 0 fully saturated rings. The highest BCUT2D eigenvalue weighted by Crippen LogP contribution is 2.43. The highest BCUT2D eigenvalue weighted by molar-refractivity contribution is 8.16. The lowest BCUT2D eigenvalue weighted by Gasteiger charge is -2.33. The van der Waals surface area contributed by atoms with Gasteiger partial charge in [0.25, 0.3) is 0 Å². The molecule has 0 atom stereocenters. The van der Waals surface area contributed by atoms with E-state index in [2.05, 4.69) is 35.2 Å². The summed E-state index contributed by atoms with van der Waals surface area (Å²) in [6, 6.07) is 4.07. The van der Waals surface area contributed by atoms with Crippen LogP contribution in [0.1, 0.15) is 0 Å². The predicted octanol–water partition coefficient (Wildman–Crippen LogP) is 3.37. The Kier molecular flexibility index (Phi) is 5.22. The van der Waals surface area contributed by atoms with E-state index in [0.717, 1.165) is 10.1 Å². The zero-order valence-corrected chi connectivity index (χ0v) is 14.5. The lowest BCUT2D eigenvalue weighted by atomic mass is 10.7. The first-order valence-electron chi connectivity index (χ1n) is 5.50. The topological polar surface area (TPSA) is 35.6 Å². The Bertz CT molecular complexity index is 488. The molecule has 0 N–H and O–H groups in total. The van der Waals surface area contributed by atoms with E-state index in [1.807, 2.05) is 33.9 Å². The Morgan fingerprint density at radius 3 is 1.58 bits per heavy atom. The molecule has 2 heterocycles. The Morgan fingerprint density at radius 2 is 1.26 bits per heavy atom. The molecule has 104 valence electrons. The van der Waals surface area contributed by atoms with E-state index in [4.69, 9.17) is 0 Å². The molecule has 0 saturated heterocycles. The first-order chi connectivity index (χ1) is 9.23. The van der Waals surface area contributed by atoms with Gasteiger partial charge < -0.3 is 0 Å². The second kappa shape index (κ2) is 6.51. The number of nitrogens with zero attached hydrogens (tertiary/aromatic N) is 4. The summed E-state index contributed by atoms with van der Waals surface area (Å²) < 4.78 is 3.70. The molecule has 2 rings (SSSR count). The minimum atomic E-state index is -0.385. The summed E-state index contributed by atoms with van der Waals surface area (Å²) in [5.41, 5.74) is 0. The van der Waals surface area contributed by atoms with Gasteiger partial charge in [0.05, 0.1) is 22.4 Å². The van der Waals surface area contributed by atoms with E-state index in [9.17, 15) is 0 Å². The molecular weight excluding hydrogens is 316 g/mol. The van der Waals surface area contributed by atoms with Crippen molar-refractivity contribution in [3.63, 3.8) is 0 Å². The van der Waals surface area contributed by atoms with Crippen molar-refractivity contribution in [3.8, 4) is 0 Å². The molecule has 0 saturated carbocycles. The van der Waals surface area contributed by atoms with Crippen molar-refractivity contribution in [3.05, 3.63) is 24.5 Å². The van der Waals surface area contributed by atoms with Crippen molar-refractivity contribution in [1.82, 2.24) is 19.6 Å². The second-order valence-electron chi connectivity index (χ2n) is 3.53. The van der Waals surface area contributed by atoms with Gasteiger partial charge in [-0.1, -0.05) is 0 Å². The van der Waals surface area contributed by atoms with E-state index in [1.165, 1.54) is 0 Å².